The molecule has 0 unspecified atom stereocenters. The van der Waals surface area contributed by atoms with Crippen molar-refractivity contribution >= 4 is 11.6 Å². The largest absolute Gasteiger partial charge is 0.481 e. The predicted molar refractivity (Wildman–Crippen MR) is 76.9 cm³/mol. The molecule has 1 fully saturated rings. The molecule has 0 atom stereocenters. The number of nitrogens with zero attached hydrogens (tertiary/aromatic N) is 1. The molecular formula is C15H22N2O3. The van der Waals surface area contributed by atoms with Crippen molar-refractivity contribution in [3.8, 4) is 5.88 Å². The van der Waals surface area contributed by atoms with Crippen LogP contribution in [0.5, 0.6) is 5.88 Å². The summed E-state index contributed by atoms with van der Waals surface area (Å²) >= 11 is 0. The fourth-order valence-electron chi connectivity index (χ4n) is 2.50. The van der Waals surface area contributed by atoms with Crippen molar-refractivity contribution in [3.63, 3.8) is 0 Å². The number of pyridine rings is 1. The van der Waals surface area contributed by atoms with Crippen LogP contribution in [-0.4, -0.2) is 30.2 Å². The summed E-state index contributed by atoms with van der Waals surface area (Å²) in [6.45, 7) is 2.67. The SMILES string of the molecule is CCCOC1(C(=O)Nc2ccc(OC)nc2)CCCC1. The van der Waals surface area contributed by atoms with Gasteiger partial charge in [-0.15, -0.1) is 0 Å². The number of hydrogen-bond donors (Lipinski definition) is 1. The molecule has 1 aromatic heterocycles. The van der Waals surface area contributed by atoms with Crippen LogP contribution in [0.4, 0.5) is 5.69 Å². The van der Waals surface area contributed by atoms with Gasteiger partial charge >= 0.3 is 0 Å². The van der Waals surface area contributed by atoms with Gasteiger partial charge in [0.2, 0.25) is 5.88 Å². The van der Waals surface area contributed by atoms with E-state index < -0.39 is 5.60 Å². The second kappa shape index (κ2) is 6.70. The highest BCUT2D eigenvalue weighted by atomic mass is 16.5. The molecule has 1 saturated carbocycles. The van der Waals surface area contributed by atoms with Gasteiger partial charge in [-0.1, -0.05) is 6.92 Å². The van der Waals surface area contributed by atoms with Gasteiger partial charge in [0.15, 0.2) is 0 Å². The van der Waals surface area contributed by atoms with Crippen LogP contribution in [-0.2, 0) is 9.53 Å². The molecule has 5 nitrogen and oxygen atoms in total. The van der Waals surface area contributed by atoms with Gasteiger partial charge in [-0.3, -0.25) is 4.79 Å². The van der Waals surface area contributed by atoms with E-state index in [1.54, 1.807) is 25.4 Å². The van der Waals surface area contributed by atoms with E-state index in [1.165, 1.54) is 0 Å². The number of nitrogens with one attached hydrogen (secondary N) is 1. The topological polar surface area (TPSA) is 60.5 Å². The molecule has 0 saturated heterocycles. The Morgan fingerprint density at radius 3 is 2.70 bits per heavy atom. The third-order valence-corrected chi connectivity index (χ3v) is 3.61. The van der Waals surface area contributed by atoms with E-state index in [0.717, 1.165) is 32.1 Å². The molecule has 0 spiro atoms. The zero-order valence-corrected chi connectivity index (χ0v) is 12.1. The Morgan fingerprint density at radius 1 is 1.40 bits per heavy atom. The van der Waals surface area contributed by atoms with Crippen LogP contribution >= 0.6 is 0 Å². The van der Waals surface area contributed by atoms with Crippen LogP contribution in [0.1, 0.15) is 39.0 Å². The Labute approximate surface area is 119 Å². The van der Waals surface area contributed by atoms with Gasteiger partial charge in [-0.05, 0) is 38.2 Å². The van der Waals surface area contributed by atoms with E-state index in [0.29, 0.717) is 18.2 Å². The predicted octanol–water partition coefficient (Wildman–Crippen LogP) is 2.77. The first-order valence-corrected chi connectivity index (χ1v) is 7.15. The van der Waals surface area contributed by atoms with Gasteiger partial charge in [0.1, 0.15) is 5.60 Å². The molecule has 0 radical (unpaired) electrons. The van der Waals surface area contributed by atoms with Crippen molar-refractivity contribution in [1.29, 1.82) is 0 Å². The molecule has 0 aliphatic heterocycles. The number of anilines is 1. The van der Waals surface area contributed by atoms with Gasteiger partial charge in [0.25, 0.3) is 5.91 Å². The Bertz CT molecular complexity index is 439. The number of aromatic nitrogens is 1. The molecule has 2 rings (SSSR count). The molecule has 110 valence electrons. The first-order chi connectivity index (χ1) is 9.70. The monoisotopic (exact) mass is 278 g/mol. The van der Waals surface area contributed by atoms with Crippen molar-refractivity contribution < 1.29 is 14.3 Å². The van der Waals surface area contributed by atoms with Gasteiger partial charge < -0.3 is 14.8 Å². The van der Waals surface area contributed by atoms with Gasteiger partial charge in [0.05, 0.1) is 19.0 Å². The van der Waals surface area contributed by atoms with E-state index in [2.05, 4.69) is 10.3 Å². The first-order valence-electron chi connectivity index (χ1n) is 7.15. The third-order valence-electron chi connectivity index (χ3n) is 3.61. The summed E-state index contributed by atoms with van der Waals surface area (Å²) in [5, 5.41) is 2.90. The van der Waals surface area contributed by atoms with E-state index in [1.807, 2.05) is 6.92 Å². The summed E-state index contributed by atoms with van der Waals surface area (Å²) in [5.74, 6) is 0.469. The summed E-state index contributed by atoms with van der Waals surface area (Å²) in [4.78, 5) is 16.6. The van der Waals surface area contributed by atoms with Crippen molar-refractivity contribution in [3.05, 3.63) is 18.3 Å². The van der Waals surface area contributed by atoms with Crippen LogP contribution in [0.15, 0.2) is 18.3 Å². The minimum absolute atomic E-state index is 0.0598. The highest BCUT2D eigenvalue weighted by molar-refractivity contribution is 5.97. The van der Waals surface area contributed by atoms with Crippen LogP contribution in [0.25, 0.3) is 0 Å². The third kappa shape index (κ3) is 3.28. The average molecular weight is 278 g/mol. The smallest absolute Gasteiger partial charge is 0.256 e. The lowest BCUT2D eigenvalue weighted by molar-refractivity contribution is -0.140. The zero-order valence-electron chi connectivity index (χ0n) is 12.1. The molecule has 1 aromatic rings. The van der Waals surface area contributed by atoms with Gasteiger partial charge in [-0.25, -0.2) is 4.98 Å². The molecule has 20 heavy (non-hydrogen) atoms. The van der Waals surface area contributed by atoms with Crippen LogP contribution in [0.2, 0.25) is 0 Å². The number of carbonyl (C=O) groups excluding carboxylic acids is 1. The van der Waals surface area contributed by atoms with Crippen molar-refractivity contribution in [2.24, 2.45) is 0 Å². The lowest BCUT2D eigenvalue weighted by Crippen LogP contribution is -2.43. The van der Waals surface area contributed by atoms with Gasteiger partial charge in [0, 0.05) is 12.7 Å². The summed E-state index contributed by atoms with van der Waals surface area (Å²) in [7, 11) is 1.56. The Morgan fingerprint density at radius 2 is 2.15 bits per heavy atom. The van der Waals surface area contributed by atoms with E-state index in [9.17, 15) is 4.79 Å². The standard InChI is InChI=1S/C15H22N2O3/c1-3-10-20-15(8-4-5-9-15)14(18)17-12-6-7-13(19-2)16-11-12/h6-7,11H,3-5,8-10H2,1-2H3,(H,17,18). The molecule has 1 amide bonds. The molecule has 0 aromatic carbocycles. The fraction of sp³-hybridized carbons (Fsp3) is 0.600. The number of rotatable bonds is 6. The molecular weight excluding hydrogens is 256 g/mol. The molecule has 0 bridgehead atoms. The quantitative estimate of drug-likeness (QED) is 0.869. The first kappa shape index (κ1) is 14.8. The Kier molecular flexibility index (Phi) is 4.95. The molecule has 1 heterocycles. The van der Waals surface area contributed by atoms with Crippen molar-refractivity contribution in [2.75, 3.05) is 19.0 Å². The number of hydrogen-bond acceptors (Lipinski definition) is 4. The maximum atomic E-state index is 12.5. The van der Waals surface area contributed by atoms with E-state index in [4.69, 9.17) is 9.47 Å². The van der Waals surface area contributed by atoms with Crippen molar-refractivity contribution in [1.82, 2.24) is 4.98 Å². The zero-order chi connectivity index (χ0) is 14.4. The summed E-state index contributed by atoms with van der Waals surface area (Å²) in [6, 6.07) is 3.51. The number of methoxy groups -OCH3 is 1. The molecule has 1 N–H and O–H groups in total. The molecule has 5 heteroatoms. The molecule has 1 aliphatic rings. The summed E-state index contributed by atoms with van der Waals surface area (Å²) in [6.07, 6.45) is 6.18. The van der Waals surface area contributed by atoms with Crippen LogP contribution in [0, 0.1) is 0 Å². The maximum absolute atomic E-state index is 12.5. The average Bonchev–Trinajstić information content (AvgIpc) is 2.96. The van der Waals surface area contributed by atoms with Crippen LogP contribution in [0.3, 0.4) is 0 Å². The van der Waals surface area contributed by atoms with E-state index in [-0.39, 0.29) is 5.91 Å². The maximum Gasteiger partial charge on any atom is 0.256 e. The van der Waals surface area contributed by atoms with E-state index >= 15 is 0 Å². The Hall–Kier alpha value is -1.62. The number of ether oxygens (including phenoxy) is 2. The summed E-state index contributed by atoms with van der Waals surface area (Å²) in [5.41, 5.74) is 0.0119. The fourth-order valence-corrected chi connectivity index (χ4v) is 2.50. The lowest BCUT2D eigenvalue weighted by Gasteiger charge is -2.27. The highest BCUT2D eigenvalue weighted by Crippen LogP contribution is 2.34. The minimum atomic E-state index is -0.657. The number of amides is 1. The number of carbonyl (C=O) groups is 1. The highest BCUT2D eigenvalue weighted by Gasteiger charge is 2.42. The van der Waals surface area contributed by atoms with Gasteiger partial charge in [-0.2, -0.15) is 0 Å². The van der Waals surface area contributed by atoms with Crippen molar-refractivity contribution in [2.45, 2.75) is 44.6 Å². The minimum Gasteiger partial charge on any atom is -0.481 e. The summed E-state index contributed by atoms with van der Waals surface area (Å²) < 4.78 is 10.9. The normalized spacial score (nSPS) is 16.9. The lowest BCUT2D eigenvalue weighted by atomic mass is 10.0. The second-order valence-corrected chi connectivity index (χ2v) is 5.09. The van der Waals surface area contributed by atoms with Crippen LogP contribution < -0.4 is 10.1 Å². The molecule has 1 aliphatic carbocycles. The second-order valence-electron chi connectivity index (χ2n) is 5.09. The Balaban J connectivity index is 2.04.